The number of aryl methyl sites for hydroxylation is 1. The molecule has 6 heteroatoms. The fourth-order valence-corrected chi connectivity index (χ4v) is 4.15. The van der Waals surface area contributed by atoms with Crippen molar-refractivity contribution >= 4 is 33.5 Å². The van der Waals surface area contributed by atoms with Crippen LogP contribution in [-0.2, 0) is 6.54 Å². The van der Waals surface area contributed by atoms with Crippen LogP contribution in [0.5, 0.6) is 0 Å². The predicted molar refractivity (Wildman–Crippen MR) is 124 cm³/mol. The summed E-state index contributed by atoms with van der Waals surface area (Å²) in [5, 5.41) is 12.8. The highest BCUT2D eigenvalue weighted by molar-refractivity contribution is 6.34. The Kier molecular flexibility index (Phi) is 4.77. The molecule has 0 unspecified atom stereocenters. The van der Waals surface area contributed by atoms with E-state index in [2.05, 4.69) is 58.6 Å². The van der Waals surface area contributed by atoms with E-state index in [0.29, 0.717) is 0 Å². The number of nitrogens with zero attached hydrogens (tertiary/aromatic N) is 2. The van der Waals surface area contributed by atoms with E-state index in [1.165, 1.54) is 5.56 Å². The first kappa shape index (κ1) is 18.9. The molecule has 150 valence electrons. The highest BCUT2D eigenvalue weighted by atomic mass is 35.5. The third-order valence-electron chi connectivity index (χ3n) is 5.35. The lowest BCUT2D eigenvalue weighted by Crippen LogP contribution is -2.12. The average molecular weight is 416 g/mol. The van der Waals surface area contributed by atoms with Crippen LogP contribution in [0.2, 0.25) is 5.02 Å². The Morgan fingerprint density at radius 2 is 1.90 bits per heavy atom. The lowest BCUT2D eigenvalue weighted by molar-refractivity contribution is 0.727. The monoisotopic (exact) mass is 415 g/mol. The summed E-state index contributed by atoms with van der Waals surface area (Å²) in [6.45, 7) is 5.85. The van der Waals surface area contributed by atoms with Crippen LogP contribution in [0.15, 0.2) is 54.6 Å². The zero-order chi connectivity index (χ0) is 20.7. The van der Waals surface area contributed by atoms with Crippen molar-refractivity contribution in [2.75, 3.05) is 6.54 Å². The topological polar surface area (TPSA) is 69.4 Å². The first-order valence-corrected chi connectivity index (χ1v) is 10.4. The molecule has 0 amide bonds. The number of imidazole rings is 1. The second-order valence-electron chi connectivity index (χ2n) is 7.50. The number of aromatic nitrogens is 4. The molecule has 0 fully saturated rings. The summed E-state index contributed by atoms with van der Waals surface area (Å²) in [6.07, 6.45) is 0. The van der Waals surface area contributed by atoms with Crippen molar-refractivity contribution in [2.45, 2.75) is 20.4 Å². The first-order chi connectivity index (χ1) is 14.6. The molecule has 0 radical (unpaired) electrons. The van der Waals surface area contributed by atoms with Crippen LogP contribution in [0, 0.1) is 6.92 Å². The molecule has 2 heterocycles. The lowest BCUT2D eigenvalue weighted by atomic mass is 9.98. The van der Waals surface area contributed by atoms with Gasteiger partial charge in [-0.25, -0.2) is 4.98 Å². The molecule has 5 aromatic rings. The van der Waals surface area contributed by atoms with Crippen LogP contribution in [0.3, 0.4) is 0 Å². The molecule has 5 nitrogen and oxygen atoms in total. The summed E-state index contributed by atoms with van der Waals surface area (Å²) >= 11 is 6.80. The summed E-state index contributed by atoms with van der Waals surface area (Å²) in [7, 11) is 0. The number of fused-ring (bicyclic) bond motifs is 2. The standard InChI is InChI=1S/C24H22ClN5/c1-3-26-13-16-10-14(2)11-17(22(16)25)15-8-9-19-18(12-15)23(30-29-19)24-27-20-6-4-5-7-21(20)28-24/h4-12,26H,3,13H2,1-2H3,(H,27,28)(H,29,30). The Morgan fingerprint density at radius 1 is 1.03 bits per heavy atom. The van der Waals surface area contributed by atoms with Gasteiger partial charge in [0.2, 0.25) is 0 Å². The van der Waals surface area contributed by atoms with Crippen LogP contribution >= 0.6 is 11.6 Å². The molecule has 3 aromatic carbocycles. The second kappa shape index (κ2) is 7.59. The van der Waals surface area contributed by atoms with E-state index in [1.54, 1.807) is 0 Å². The smallest absolute Gasteiger partial charge is 0.159 e. The van der Waals surface area contributed by atoms with Gasteiger partial charge in [0.15, 0.2) is 5.82 Å². The van der Waals surface area contributed by atoms with Crippen molar-refractivity contribution in [1.82, 2.24) is 25.5 Å². The number of rotatable bonds is 5. The average Bonchev–Trinajstić information content (AvgIpc) is 3.37. The zero-order valence-electron chi connectivity index (χ0n) is 16.9. The molecule has 5 rings (SSSR count). The van der Waals surface area contributed by atoms with Gasteiger partial charge in [0, 0.05) is 17.5 Å². The van der Waals surface area contributed by atoms with Gasteiger partial charge in [0.1, 0.15) is 5.69 Å². The third kappa shape index (κ3) is 3.26. The molecule has 0 aliphatic heterocycles. The third-order valence-corrected chi connectivity index (χ3v) is 5.79. The number of halogens is 1. The number of para-hydroxylation sites is 2. The molecule has 0 saturated carbocycles. The molecule has 0 spiro atoms. The maximum absolute atomic E-state index is 6.80. The van der Waals surface area contributed by atoms with Gasteiger partial charge in [-0.15, -0.1) is 0 Å². The SMILES string of the molecule is CCNCc1cc(C)cc(-c2ccc3[nH]nc(-c4nc5ccccc5[nH]4)c3c2)c1Cl. The van der Waals surface area contributed by atoms with Crippen molar-refractivity contribution in [2.24, 2.45) is 0 Å². The molecule has 3 N–H and O–H groups in total. The van der Waals surface area contributed by atoms with E-state index in [-0.39, 0.29) is 0 Å². The lowest BCUT2D eigenvalue weighted by Gasteiger charge is -2.12. The second-order valence-corrected chi connectivity index (χ2v) is 7.88. The minimum Gasteiger partial charge on any atom is -0.337 e. The van der Waals surface area contributed by atoms with Crippen LogP contribution in [0.4, 0.5) is 0 Å². The Balaban J connectivity index is 1.64. The molecule has 30 heavy (non-hydrogen) atoms. The number of hydrogen-bond acceptors (Lipinski definition) is 3. The van der Waals surface area contributed by atoms with E-state index in [1.807, 2.05) is 30.3 Å². The molecule has 0 saturated heterocycles. The maximum atomic E-state index is 6.80. The Labute approximate surface area is 179 Å². The van der Waals surface area contributed by atoms with Gasteiger partial charge in [-0.3, -0.25) is 5.10 Å². The zero-order valence-corrected chi connectivity index (χ0v) is 17.6. The van der Waals surface area contributed by atoms with Crippen molar-refractivity contribution in [3.8, 4) is 22.6 Å². The number of nitrogens with one attached hydrogen (secondary N) is 3. The van der Waals surface area contributed by atoms with Crippen molar-refractivity contribution in [3.05, 3.63) is 70.7 Å². The summed E-state index contributed by atoms with van der Waals surface area (Å²) in [4.78, 5) is 8.09. The van der Waals surface area contributed by atoms with Crippen LogP contribution in [-0.4, -0.2) is 26.7 Å². The van der Waals surface area contributed by atoms with Crippen LogP contribution in [0.1, 0.15) is 18.1 Å². The number of hydrogen-bond donors (Lipinski definition) is 3. The Hall–Kier alpha value is -3.15. The number of H-pyrrole nitrogens is 2. The summed E-state index contributed by atoms with van der Waals surface area (Å²) in [5.74, 6) is 0.753. The van der Waals surface area contributed by atoms with Gasteiger partial charge in [0.25, 0.3) is 0 Å². The maximum Gasteiger partial charge on any atom is 0.159 e. The van der Waals surface area contributed by atoms with Crippen LogP contribution in [0.25, 0.3) is 44.6 Å². The summed E-state index contributed by atoms with van der Waals surface area (Å²) in [6, 6.07) is 18.5. The Morgan fingerprint density at radius 3 is 2.73 bits per heavy atom. The van der Waals surface area contributed by atoms with E-state index < -0.39 is 0 Å². The highest BCUT2D eigenvalue weighted by Gasteiger charge is 2.15. The Bertz CT molecular complexity index is 1330. The van der Waals surface area contributed by atoms with E-state index in [4.69, 9.17) is 16.6 Å². The van der Waals surface area contributed by atoms with Gasteiger partial charge >= 0.3 is 0 Å². The minimum absolute atomic E-state index is 0.752. The van der Waals surface area contributed by atoms with Gasteiger partial charge in [-0.05, 0) is 54.9 Å². The summed E-state index contributed by atoms with van der Waals surface area (Å²) < 4.78 is 0. The molecule has 0 atom stereocenters. The van der Waals surface area contributed by atoms with Gasteiger partial charge in [0.05, 0.1) is 21.6 Å². The van der Waals surface area contributed by atoms with Crippen molar-refractivity contribution in [1.29, 1.82) is 0 Å². The van der Waals surface area contributed by atoms with Crippen LogP contribution < -0.4 is 5.32 Å². The van der Waals surface area contributed by atoms with Gasteiger partial charge < -0.3 is 10.3 Å². The number of benzene rings is 3. The largest absolute Gasteiger partial charge is 0.337 e. The fourth-order valence-electron chi connectivity index (χ4n) is 3.87. The highest BCUT2D eigenvalue weighted by Crippen LogP contribution is 2.35. The summed E-state index contributed by atoms with van der Waals surface area (Å²) in [5.41, 5.74) is 8.08. The van der Waals surface area contributed by atoms with Gasteiger partial charge in [-0.2, -0.15) is 5.10 Å². The number of aromatic amines is 2. The quantitative estimate of drug-likeness (QED) is 0.337. The van der Waals surface area contributed by atoms with E-state index in [9.17, 15) is 0 Å². The van der Waals surface area contributed by atoms with E-state index in [0.717, 1.165) is 68.3 Å². The van der Waals surface area contributed by atoms with E-state index >= 15 is 0 Å². The predicted octanol–water partition coefficient (Wildman–Crippen LogP) is 5.84. The normalized spacial score (nSPS) is 11.6. The molecule has 0 aliphatic rings. The van der Waals surface area contributed by atoms with Crippen molar-refractivity contribution < 1.29 is 0 Å². The van der Waals surface area contributed by atoms with Crippen molar-refractivity contribution in [3.63, 3.8) is 0 Å². The molecule has 0 bridgehead atoms. The molecular weight excluding hydrogens is 394 g/mol. The van der Waals surface area contributed by atoms with Gasteiger partial charge in [-0.1, -0.05) is 48.4 Å². The molecular formula is C24H22ClN5. The fraction of sp³-hybridized carbons (Fsp3) is 0.167. The minimum atomic E-state index is 0.752. The molecule has 2 aromatic heterocycles. The molecule has 0 aliphatic carbocycles. The first-order valence-electron chi connectivity index (χ1n) is 10.1.